The van der Waals surface area contributed by atoms with E-state index in [1.54, 1.807) is 24.3 Å². The summed E-state index contributed by atoms with van der Waals surface area (Å²) >= 11 is 0. The minimum Gasteiger partial charge on any atom is -0.456 e. The molecule has 22 heavy (non-hydrogen) atoms. The van der Waals surface area contributed by atoms with Crippen molar-refractivity contribution in [3.8, 4) is 0 Å². The average molecular weight is 312 g/mol. The van der Waals surface area contributed by atoms with Crippen LogP contribution < -0.4 is 0 Å². The molecule has 1 aromatic rings. The van der Waals surface area contributed by atoms with Crippen LogP contribution in [0.25, 0.3) is 0 Å². The number of Topliss-reactive ketones (excluding diaryl/α,β-unsaturated/α-hetero) is 1. The first-order valence-electron chi connectivity index (χ1n) is 6.47. The molecule has 0 radical (unpaired) electrons. The molecule has 0 aliphatic rings. The molecule has 0 heterocycles. The highest BCUT2D eigenvalue weighted by Crippen LogP contribution is 2.20. The molecule has 1 rings (SSSR count). The summed E-state index contributed by atoms with van der Waals surface area (Å²) in [5.74, 6) is -4.07. The Hall–Kier alpha value is -1.80. The van der Waals surface area contributed by atoms with Gasteiger partial charge in [0.15, 0.2) is 0 Å². The van der Waals surface area contributed by atoms with Crippen LogP contribution in [0.4, 0.5) is 0 Å². The van der Waals surface area contributed by atoms with Gasteiger partial charge in [-0.2, -0.15) is 0 Å². The van der Waals surface area contributed by atoms with Gasteiger partial charge in [-0.25, -0.2) is 4.79 Å². The highest BCUT2D eigenvalue weighted by molar-refractivity contribution is 6.07. The smallest absolute Gasteiger partial charge is 0.375 e. The number of rotatable bonds is 9. The standard InChI is InChI=1S/C15H20O7/c1-18-13(19-2)12(16)15(20-3,21-4)14(17)22-10-11-8-6-5-7-9-11/h5-9,13H,10H2,1-4H3. The number of methoxy groups -OCH3 is 4. The van der Waals surface area contributed by atoms with E-state index in [4.69, 9.17) is 23.7 Å². The number of hydrogen-bond acceptors (Lipinski definition) is 7. The summed E-state index contributed by atoms with van der Waals surface area (Å²) in [6.45, 7) is -0.0218. The lowest BCUT2D eigenvalue weighted by Gasteiger charge is -2.29. The van der Waals surface area contributed by atoms with E-state index in [9.17, 15) is 9.59 Å². The third-order valence-corrected chi connectivity index (χ3v) is 3.02. The Morgan fingerprint density at radius 1 is 1.00 bits per heavy atom. The third kappa shape index (κ3) is 3.89. The maximum absolute atomic E-state index is 12.3. The van der Waals surface area contributed by atoms with Crippen LogP contribution in [0.3, 0.4) is 0 Å². The van der Waals surface area contributed by atoms with Crippen molar-refractivity contribution in [1.82, 2.24) is 0 Å². The molecule has 0 bridgehead atoms. The second kappa shape index (κ2) is 8.60. The Kier molecular flexibility index (Phi) is 7.13. The highest BCUT2D eigenvalue weighted by atomic mass is 16.7. The molecular formula is C15H20O7. The van der Waals surface area contributed by atoms with Crippen LogP contribution in [0.15, 0.2) is 30.3 Å². The summed E-state index contributed by atoms with van der Waals surface area (Å²) in [6.07, 6.45) is -1.32. The van der Waals surface area contributed by atoms with E-state index in [0.29, 0.717) is 0 Å². The lowest BCUT2D eigenvalue weighted by Crippen LogP contribution is -2.55. The summed E-state index contributed by atoms with van der Waals surface area (Å²) in [5.41, 5.74) is 0.763. The summed E-state index contributed by atoms with van der Waals surface area (Å²) < 4.78 is 24.8. The van der Waals surface area contributed by atoms with Crippen molar-refractivity contribution in [3.63, 3.8) is 0 Å². The van der Waals surface area contributed by atoms with Crippen molar-refractivity contribution in [3.05, 3.63) is 35.9 Å². The zero-order valence-corrected chi connectivity index (χ0v) is 13.0. The van der Waals surface area contributed by atoms with E-state index in [-0.39, 0.29) is 6.61 Å². The summed E-state index contributed by atoms with van der Waals surface area (Å²) in [7, 11) is 4.84. The minimum atomic E-state index is -2.24. The van der Waals surface area contributed by atoms with Gasteiger partial charge in [-0.15, -0.1) is 0 Å². The van der Waals surface area contributed by atoms with E-state index >= 15 is 0 Å². The van der Waals surface area contributed by atoms with E-state index in [1.165, 1.54) is 14.2 Å². The summed E-state index contributed by atoms with van der Waals surface area (Å²) in [5, 5.41) is 0. The number of esters is 1. The molecule has 0 aliphatic carbocycles. The molecule has 0 unspecified atom stereocenters. The van der Waals surface area contributed by atoms with E-state index in [0.717, 1.165) is 19.8 Å². The number of carbonyl (C=O) groups excluding carboxylic acids is 2. The molecule has 0 N–H and O–H groups in total. The molecule has 7 heteroatoms. The van der Waals surface area contributed by atoms with Crippen molar-refractivity contribution in [2.45, 2.75) is 18.7 Å². The molecule has 1 aromatic carbocycles. The molecular weight excluding hydrogens is 292 g/mol. The maximum Gasteiger partial charge on any atom is 0.375 e. The van der Waals surface area contributed by atoms with Gasteiger partial charge in [0.25, 0.3) is 5.78 Å². The molecule has 0 aromatic heterocycles. The minimum absolute atomic E-state index is 0.0218. The fourth-order valence-electron chi connectivity index (χ4n) is 1.84. The molecule has 0 aliphatic heterocycles. The van der Waals surface area contributed by atoms with Crippen molar-refractivity contribution >= 4 is 11.8 Å². The lowest BCUT2D eigenvalue weighted by molar-refractivity contribution is -0.240. The van der Waals surface area contributed by atoms with Crippen molar-refractivity contribution < 1.29 is 33.3 Å². The number of hydrogen-bond donors (Lipinski definition) is 0. The Balaban J connectivity index is 2.88. The molecule has 0 spiro atoms. The molecule has 0 saturated carbocycles. The van der Waals surface area contributed by atoms with E-state index < -0.39 is 23.8 Å². The predicted octanol–water partition coefficient (Wildman–Crippen LogP) is 0.907. The first-order chi connectivity index (χ1) is 10.6. The predicted molar refractivity (Wildman–Crippen MR) is 75.8 cm³/mol. The van der Waals surface area contributed by atoms with Crippen LogP contribution in [0, 0.1) is 0 Å². The largest absolute Gasteiger partial charge is 0.456 e. The normalized spacial score (nSPS) is 11.5. The quantitative estimate of drug-likeness (QED) is 0.381. The first kappa shape index (κ1) is 18.2. The maximum atomic E-state index is 12.3. The van der Waals surface area contributed by atoms with Gasteiger partial charge < -0.3 is 23.7 Å². The monoisotopic (exact) mass is 312 g/mol. The van der Waals surface area contributed by atoms with Gasteiger partial charge >= 0.3 is 11.8 Å². The van der Waals surface area contributed by atoms with Crippen molar-refractivity contribution in [1.29, 1.82) is 0 Å². The molecule has 0 saturated heterocycles. The number of benzene rings is 1. The van der Waals surface area contributed by atoms with Crippen molar-refractivity contribution in [2.75, 3.05) is 28.4 Å². The first-order valence-corrected chi connectivity index (χ1v) is 6.47. The Morgan fingerprint density at radius 3 is 2.00 bits per heavy atom. The van der Waals surface area contributed by atoms with Crippen LogP contribution in [-0.2, 0) is 39.9 Å². The van der Waals surface area contributed by atoms with Crippen LogP contribution in [0.5, 0.6) is 0 Å². The van der Waals surface area contributed by atoms with Crippen LogP contribution in [0.2, 0.25) is 0 Å². The third-order valence-electron chi connectivity index (χ3n) is 3.02. The SMILES string of the molecule is COC(OC)C(=O)C(OC)(OC)C(=O)OCc1ccccc1. The fourth-order valence-corrected chi connectivity index (χ4v) is 1.84. The summed E-state index contributed by atoms with van der Waals surface area (Å²) in [4.78, 5) is 24.6. The van der Waals surface area contributed by atoms with Gasteiger partial charge in [0.1, 0.15) is 6.61 Å². The van der Waals surface area contributed by atoms with Gasteiger partial charge in [-0.3, -0.25) is 4.79 Å². The topological polar surface area (TPSA) is 80.3 Å². The number of ether oxygens (including phenoxy) is 5. The van der Waals surface area contributed by atoms with Gasteiger partial charge in [-0.05, 0) is 5.56 Å². The van der Waals surface area contributed by atoms with Gasteiger partial charge in [0.05, 0.1) is 0 Å². The van der Waals surface area contributed by atoms with Gasteiger partial charge in [0, 0.05) is 28.4 Å². The Morgan fingerprint density at radius 2 is 1.55 bits per heavy atom. The van der Waals surface area contributed by atoms with E-state index in [2.05, 4.69) is 0 Å². The van der Waals surface area contributed by atoms with Crippen molar-refractivity contribution in [2.24, 2.45) is 0 Å². The number of ketones is 1. The Bertz CT molecular complexity index is 478. The zero-order chi connectivity index (χ0) is 16.6. The zero-order valence-electron chi connectivity index (χ0n) is 13.0. The van der Waals surface area contributed by atoms with Crippen LogP contribution in [0.1, 0.15) is 5.56 Å². The molecule has 7 nitrogen and oxygen atoms in total. The average Bonchev–Trinajstić information content (AvgIpc) is 2.56. The molecule has 0 amide bonds. The molecule has 0 fully saturated rings. The molecule has 0 atom stereocenters. The second-order valence-electron chi connectivity index (χ2n) is 4.25. The van der Waals surface area contributed by atoms with Gasteiger partial charge in [-0.1, -0.05) is 30.3 Å². The Labute approximate surface area is 129 Å². The van der Waals surface area contributed by atoms with Gasteiger partial charge in [0.2, 0.25) is 6.29 Å². The van der Waals surface area contributed by atoms with Crippen LogP contribution >= 0.6 is 0 Å². The fraction of sp³-hybridized carbons (Fsp3) is 0.467. The second-order valence-corrected chi connectivity index (χ2v) is 4.25. The molecule has 122 valence electrons. The lowest BCUT2D eigenvalue weighted by atomic mass is 10.1. The van der Waals surface area contributed by atoms with Crippen LogP contribution in [-0.4, -0.2) is 52.3 Å². The van der Waals surface area contributed by atoms with E-state index in [1.807, 2.05) is 6.07 Å². The number of carbonyl (C=O) groups is 2. The summed E-state index contributed by atoms with van der Waals surface area (Å²) in [6, 6.07) is 9.01. The highest BCUT2D eigenvalue weighted by Gasteiger charge is 2.52.